The molecule has 0 saturated carbocycles. The van der Waals surface area contributed by atoms with E-state index in [1.807, 2.05) is 6.92 Å². The minimum absolute atomic E-state index is 0.191. The Labute approximate surface area is 97.6 Å². The van der Waals surface area contributed by atoms with E-state index in [0.29, 0.717) is 6.54 Å². The van der Waals surface area contributed by atoms with Gasteiger partial charge in [0.25, 0.3) is 0 Å². The molecule has 0 bridgehead atoms. The number of hydrogen-bond acceptors (Lipinski definition) is 3. The molecule has 0 atom stereocenters. The molecule has 1 rings (SSSR count). The summed E-state index contributed by atoms with van der Waals surface area (Å²) in [6, 6.07) is 0. The minimum Gasteiger partial charge on any atom is -0.326 e. The number of hydrogen-bond donors (Lipinski definition) is 1. The van der Waals surface area contributed by atoms with E-state index in [2.05, 4.69) is 9.97 Å². The monoisotopic (exact) mass is 253 g/mol. The zero-order valence-corrected chi connectivity index (χ0v) is 9.87. The van der Waals surface area contributed by atoms with E-state index in [4.69, 9.17) is 40.5 Å². The van der Waals surface area contributed by atoms with Crippen molar-refractivity contribution in [2.75, 3.05) is 0 Å². The number of nitrogens with two attached hydrogens (primary N) is 1. The Morgan fingerprint density at radius 3 is 2.50 bits per heavy atom. The summed E-state index contributed by atoms with van der Waals surface area (Å²) in [7, 11) is 0. The molecule has 0 fully saturated rings. The van der Waals surface area contributed by atoms with Crippen LogP contribution in [-0.2, 0) is 16.8 Å². The Balaban J connectivity index is 3.14. The molecule has 0 spiro atoms. The fourth-order valence-corrected chi connectivity index (χ4v) is 1.33. The quantitative estimate of drug-likeness (QED) is 0.824. The summed E-state index contributed by atoms with van der Waals surface area (Å²) >= 11 is 17.0. The van der Waals surface area contributed by atoms with Crippen molar-refractivity contribution in [2.24, 2.45) is 5.73 Å². The Hall–Kier alpha value is -0.0900. The van der Waals surface area contributed by atoms with E-state index in [1.54, 1.807) is 6.20 Å². The molecule has 0 amide bonds. The second-order valence-electron chi connectivity index (χ2n) is 2.72. The van der Waals surface area contributed by atoms with E-state index in [-0.39, 0.29) is 5.82 Å². The zero-order valence-electron chi connectivity index (χ0n) is 7.60. The first kappa shape index (κ1) is 12.0. The first-order chi connectivity index (χ1) is 6.49. The van der Waals surface area contributed by atoms with Crippen LogP contribution in [0.3, 0.4) is 0 Å². The van der Waals surface area contributed by atoms with Gasteiger partial charge in [-0.15, -0.1) is 0 Å². The van der Waals surface area contributed by atoms with E-state index in [9.17, 15) is 0 Å². The normalized spacial score (nSPS) is 11.8. The van der Waals surface area contributed by atoms with Gasteiger partial charge in [-0.2, -0.15) is 0 Å². The maximum atomic E-state index is 5.66. The molecule has 6 heteroatoms. The van der Waals surface area contributed by atoms with Gasteiger partial charge in [-0.1, -0.05) is 41.7 Å². The van der Waals surface area contributed by atoms with Crippen molar-refractivity contribution in [3.8, 4) is 0 Å². The van der Waals surface area contributed by atoms with Crippen LogP contribution in [-0.4, -0.2) is 9.97 Å². The fraction of sp³-hybridized carbons (Fsp3) is 0.500. The molecular formula is C8H10Cl3N3. The van der Waals surface area contributed by atoms with Gasteiger partial charge in [0.05, 0.1) is 0 Å². The Morgan fingerprint density at radius 2 is 2.07 bits per heavy atom. The number of aromatic nitrogens is 2. The van der Waals surface area contributed by atoms with Crippen LogP contribution in [0.2, 0.25) is 0 Å². The third-order valence-corrected chi connectivity index (χ3v) is 2.27. The van der Waals surface area contributed by atoms with Crippen LogP contribution in [0.5, 0.6) is 0 Å². The molecule has 1 heterocycles. The molecule has 0 unspecified atom stereocenters. The summed E-state index contributed by atoms with van der Waals surface area (Å²) < 4.78 is -1.57. The van der Waals surface area contributed by atoms with Crippen molar-refractivity contribution in [2.45, 2.75) is 23.7 Å². The summed E-state index contributed by atoms with van der Waals surface area (Å²) in [6.07, 6.45) is 2.34. The summed E-state index contributed by atoms with van der Waals surface area (Å²) in [4.78, 5) is 8.09. The first-order valence-electron chi connectivity index (χ1n) is 4.11. The summed E-state index contributed by atoms with van der Waals surface area (Å²) in [6.45, 7) is 2.35. The van der Waals surface area contributed by atoms with Crippen LogP contribution in [0, 0.1) is 0 Å². The molecule has 78 valence electrons. The highest BCUT2D eigenvalue weighted by atomic mass is 35.6. The average molecular weight is 255 g/mol. The molecule has 14 heavy (non-hydrogen) atoms. The van der Waals surface area contributed by atoms with Gasteiger partial charge in [0.15, 0.2) is 5.82 Å². The highest BCUT2D eigenvalue weighted by Crippen LogP contribution is 2.35. The lowest BCUT2D eigenvalue weighted by Gasteiger charge is -2.11. The van der Waals surface area contributed by atoms with Gasteiger partial charge in [-0.05, 0) is 6.42 Å². The van der Waals surface area contributed by atoms with Crippen LogP contribution >= 0.6 is 34.8 Å². The molecule has 3 nitrogen and oxygen atoms in total. The Kier molecular flexibility index (Phi) is 3.95. The van der Waals surface area contributed by atoms with Crippen LogP contribution in [0.25, 0.3) is 0 Å². The predicted molar refractivity (Wildman–Crippen MR) is 58.5 cm³/mol. The van der Waals surface area contributed by atoms with Crippen LogP contribution < -0.4 is 5.73 Å². The standard InChI is InChI=1S/C8H10Cl3N3/c1-2-6-5(3-12)4-13-7(14-6)8(9,10)11/h4H,2-3,12H2,1H3. The lowest BCUT2D eigenvalue weighted by atomic mass is 10.2. The molecule has 0 radical (unpaired) electrons. The van der Waals surface area contributed by atoms with Gasteiger partial charge >= 0.3 is 0 Å². The van der Waals surface area contributed by atoms with Crippen molar-refractivity contribution in [3.63, 3.8) is 0 Å². The van der Waals surface area contributed by atoms with Gasteiger partial charge < -0.3 is 5.73 Å². The van der Waals surface area contributed by atoms with Gasteiger partial charge in [0.1, 0.15) is 0 Å². The van der Waals surface area contributed by atoms with E-state index < -0.39 is 3.79 Å². The zero-order chi connectivity index (χ0) is 10.8. The number of alkyl halides is 3. The Bertz CT molecular complexity index is 322. The second-order valence-corrected chi connectivity index (χ2v) is 5.00. The van der Waals surface area contributed by atoms with Crippen molar-refractivity contribution < 1.29 is 0 Å². The fourth-order valence-electron chi connectivity index (χ4n) is 1.06. The SMILES string of the molecule is CCc1nc(C(Cl)(Cl)Cl)ncc1CN. The second kappa shape index (κ2) is 4.62. The van der Waals surface area contributed by atoms with Crippen molar-refractivity contribution in [1.29, 1.82) is 0 Å². The topological polar surface area (TPSA) is 51.8 Å². The van der Waals surface area contributed by atoms with Crippen LogP contribution in [0.4, 0.5) is 0 Å². The molecule has 0 saturated heterocycles. The number of aryl methyl sites for hydroxylation is 1. The largest absolute Gasteiger partial charge is 0.326 e. The molecule has 0 aliphatic heterocycles. The summed E-state index contributed by atoms with van der Waals surface area (Å²) in [5.41, 5.74) is 7.21. The van der Waals surface area contributed by atoms with E-state index in [0.717, 1.165) is 17.7 Å². The number of halogens is 3. The van der Waals surface area contributed by atoms with Crippen molar-refractivity contribution in [1.82, 2.24) is 9.97 Å². The molecule has 0 aliphatic rings. The molecular weight excluding hydrogens is 244 g/mol. The third-order valence-electron chi connectivity index (χ3n) is 1.76. The highest BCUT2D eigenvalue weighted by Gasteiger charge is 2.27. The van der Waals surface area contributed by atoms with E-state index in [1.165, 1.54) is 0 Å². The lowest BCUT2D eigenvalue weighted by Crippen LogP contribution is -2.12. The third kappa shape index (κ3) is 2.70. The number of rotatable bonds is 2. The smallest absolute Gasteiger partial charge is 0.250 e. The van der Waals surface area contributed by atoms with Crippen LogP contribution in [0.15, 0.2) is 6.20 Å². The maximum Gasteiger partial charge on any atom is 0.250 e. The van der Waals surface area contributed by atoms with E-state index >= 15 is 0 Å². The highest BCUT2D eigenvalue weighted by molar-refractivity contribution is 6.66. The van der Waals surface area contributed by atoms with Crippen LogP contribution in [0.1, 0.15) is 24.0 Å². The van der Waals surface area contributed by atoms with Gasteiger partial charge in [-0.3, -0.25) is 0 Å². The summed E-state index contributed by atoms with van der Waals surface area (Å²) in [5, 5.41) is 0. The average Bonchev–Trinajstić information content (AvgIpc) is 2.15. The predicted octanol–water partition coefficient (Wildman–Crippen LogP) is 2.32. The molecule has 0 aliphatic carbocycles. The van der Waals surface area contributed by atoms with Gasteiger partial charge in [0, 0.05) is 24.0 Å². The maximum absolute atomic E-state index is 5.66. The molecule has 2 N–H and O–H groups in total. The molecule has 1 aromatic rings. The Morgan fingerprint density at radius 1 is 1.43 bits per heavy atom. The van der Waals surface area contributed by atoms with Crippen molar-refractivity contribution in [3.05, 3.63) is 23.3 Å². The number of nitrogens with zero attached hydrogens (tertiary/aromatic N) is 2. The molecule has 1 aromatic heterocycles. The van der Waals surface area contributed by atoms with Crippen molar-refractivity contribution >= 4 is 34.8 Å². The first-order valence-corrected chi connectivity index (χ1v) is 5.24. The minimum atomic E-state index is -1.57. The summed E-state index contributed by atoms with van der Waals surface area (Å²) in [5.74, 6) is 0.191. The lowest BCUT2D eigenvalue weighted by molar-refractivity contribution is 0.857. The van der Waals surface area contributed by atoms with Gasteiger partial charge in [0.2, 0.25) is 3.79 Å². The van der Waals surface area contributed by atoms with Gasteiger partial charge in [-0.25, -0.2) is 9.97 Å². The molecule has 0 aromatic carbocycles.